The van der Waals surface area contributed by atoms with Gasteiger partial charge in [0.1, 0.15) is 19.0 Å². The number of benzene rings is 3. The van der Waals surface area contributed by atoms with Crippen molar-refractivity contribution in [1.82, 2.24) is 0 Å². The molecule has 0 bridgehead atoms. The standard InChI is InChI=1S/C28H32NO3/c1-20(27(30)32-19-22-13-9-6-10-14-22)26(29)23-15-16-25(24(17-23)28(2,3)4)31-18-21-11-7-5-8-12-21/h5-17,20,26H,1,18-19,29H2,2-4H3. The summed E-state index contributed by atoms with van der Waals surface area (Å²) >= 11 is 0. The summed E-state index contributed by atoms with van der Waals surface area (Å²) in [4.78, 5) is 12.5. The van der Waals surface area contributed by atoms with E-state index in [0.29, 0.717) is 6.61 Å². The van der Waals surface area contributed by atoms with E-state index >= 15 is 0 Å². The molecule has 0 amide bonds. The smallest absolute Gasteiger partial charge is 0.311 e. The zero-order valence-corrected chi connectivity index (χ0v) is 19.1. The molecule has 4 nitrogen and oxygen atoms in total. The van der Waals surface area contributed by atoms with Crippen LogP contribution in [0, 0.1) is 12.8 Å². The van der Waals surface area contributed by atoms with Crippen LogP contribution >= 0.6 is 0 Å². The second kappa shape index (κ2) is 10.5. The van der Waals surface area contributed by atoms with Gasteiger partial charge in [-0.05, 0) is 46.7 Å². The lowest BCUT2D eigenvalue weighted by atomic mass is 9.83. The molecule has 2 unspecified atom stereocenters. The Hall–Kier alpha value is -3.11. The Morgan fingerprint density at radius 1 is 0.906 bits per heavy atom. The minimum absolute atomic E-state index is 0.160. The molecule has 0 spiro atoms. The van der Waals surface area contributed by atoms with Crippen LogP contribution in [0.5, 0.6) is 5.75 Å². The molecular formula is C28H32NO3. The Labute approximate surface area is 191 Å². The van der Waals surface area contributed by atoms with Gasteiger partial charge in [-0.1, -0.05) is 87.5 Å². The summed E-state index contributed by atoms with van der Waals surface area (Å²) < 4.78 is 11.6. The highest BCUT2D eigenvalue weighted by atomic mass is 16.5. The molecule has 4 heteroatoms. The first-order chi connectivity index (χ1) is 15.3. The summed E-state index contributed by atoms with van der Waals surface area (Å²) in [6.07, 6.45) is 0. The van der Waals surface area contributed by atoms with Crippen molar-refractivity contribution in [2.45, 2.75) is 45.4 Å². The molecule has 0 saturated carbocycles. The van der Waals surface area contributed by atoms with Gasteiger partial charge in [-0.25, -0.2) is 0 Å². The van der Waals surface area contributed by atoms with Crippen molar-refractivity contribution in [1.29, 1.82) is 0 Å². The fourth-order valence-electron chi connectivity index (χ4n) is 3.42. The molecule has 32 heavy (non-hydrogen) atoms. The fourth-order valence-corrected chi connectivity index (χ4v) is 3.42. The zero-order valence-electron chi connectivity index (χ0n) is 19.1. The average Bonchev–Trinajstić information content (AvgIpc) is 2.81. The predicted octanol–water partition coefficient (Wildman–Crippen LogP) is 5.76. The lowest BCUT2D eigenvalue weighted by molar-refractivity contribution is -0.149. The van der Waals surface area contributed by atoms with Gasteiger partial charge in [0.05, 0.1) is 5.92 Å². The number of ether oxygens (including phenoxy) is 2. The third-order valence-corrected chi connectivity index (χ3v) is 5.39. The Morgan fingerprint density at radius 2 is 1.47 bits per heavy atom. The Morgan fingerprint density at radius 3 is 2.03 bits per heavy atom. The van der Waals surface area contributed by atoms with Crippen LogP contribution in [0.2, 0.25) is 0 Å². The maximum atomic E-state index is 12.5. The van der Waals surface area contributed by atoms with Crippen LogP contribution in [-0.4, -0.2) is 5.97 Å². The van der Waals surface area contributed by atoms with E-state index in [-0.39, 0.29) is 12.0 Å². The average molecular weight is 431 g/mol. The summed E-state index contributed by atoms with van der Waals surface area (Å²) in [5.41, 5.74) is 10.2. The van der Waals surface area contributed by atoms with E-state index in [0.717, 1.165) is 28.0 Å². The molecule has 1 radical (unpaired) electrons. The van der Waals surface area contributed by atoms with E-state index in [1.54, 1.807) is 0 Å². The van der Waals surface area contributed by atoms with Crippen molar-refractivity contribution in [3.05, 3.63) is 108 Å². The largest absolute Gasteiger partial charge is 0.489 e. The number of rotatable bonds is 8. The summed E-state index contributed by atoms with van der Waals surface area (Å²) in [5, 5.41) is 0. The Bertz CT molecular complexity index is 1010. The molecule has 3 aromatic rings. The minimum Gasteiger partial charge on any atom is -0.489 e. The maximum absolute atomic E-state index is 12.5. The van der Waals surface area contributed by atoms with Gasteiger partial charge in [-0.3, -0.25) is 4.79 Å². The zero-order chi connectivity index (χ0) is 23.1. The molecule has 0 aromatic heterocycles. The van der Waals surface area contributed by atoms with Gasteiger partial charge in [0.15, 0.2) is 0 Å². The van der Waals surface area contributed by atoms with Gasteiger partial charge in [0, 0.05) is 6.04 Å². The van der Waals surface area contributed by atoms with E-state index in [2.05, 4.69) is 27.7 Å². The number of carbonyl (C=O) groups is 1. The first-order valence-corrected chi connectivity index (χ1v) is 10.9. The van der Waals surface area contributed by atoms with E-state index in [1.807, 2.05) is 78.9 Å². The van der Waals surface area contributed by atoms with E-state index < -0.39 is 17.9 Å². The second-order valence-electron chi connectivity index (χ2n) is 9.01. The van der Waals surface area contributed by atoms with Crippen molar-refractivity contribution in [2.24, 2.45) is 11.7 Å². The molecule has 0 saturated heterocycles. The molecule has 0 aliphatic heterocycles. The lowest BCUT2D eigenvalue weighted by Crippen LogP contribution is -2.28. The van der Waals surface area contributed by atoms with Gasteiger partial charge in [0.25, 0.3) is 0 Å². The summed E-state index contributed by atoms with van der Waals surface area (Å²) in [7, 11) is 0. The Kier molecular flexibility index (Phi) is 7.70. The first-order valence-electron chi connectivity index (χ1n) is 10.9. The van der Waals surface area contributed by atoms with Crippen molar-refractivity contribution in [3.63, 3.8) is 0 Å². The lowest BCUT2D eigenvalue weighted by Gasteiger charge is -2.26. The van der Waals surface area contributed by atoms with Crippen molar-refractivity contribution in [2.75, 3.05) is 0 Å². The van der Waals surface area contributed by atoms with E-state index in [4.69, 9.17) is 15.2 Å². The third kappa shape index (κ3) is 6.21. The first kappa shape index (κ1) is 23.6. The molecule has 3 rings (SSSR count). The quantitative estimate of drug-likeness (QED) is 0.462. The number of esters is 1. The van der Waals surface area contributed by atoms with Crippen molar-refractivity contribution in [3.8, 4) is 5.75 Å². The molecule has 0 aliphatic rings. The monoisotopic (exact) mass is 430 g/mol. The number of nitrogens with two attached hydrogens (primary N) is 1. The van der Waals surface area contributed by atoms with Gasteiger partial charge in [-0.2, -0.15) is 0 Å². The van der Waals surface area contributed by atoms with Crippen molar-refractivity contribution >= 4 is 5.97 Å². The van der Waals surface area contributed by atoms with Crippen LogP contribution in [0.1, 0.15) is 49.1 Å². The van der Waals surface area contributed by atoms with E-state index in [1.165, 1.54) is 0 Å². The van der Waals surface area contributed by atoms with E-state index in [9.17, 15) is 4.79 Å². The van der Waals surface area contributed by atoms with Gasteiger partial charge in [-0.15, -0.1) is 0 Å². The predicted molar refractivity (Wildman–Crippen MR) is 128 cm³/mol. The van der Waals surface area contributed by atoms with Crippen LogP contribution in [0.3, 0.4) is 0 Å². The number of carbonyl (C=O) groups excluding carboxylic acids is 1. The summed E-state index contributed by atoms with van der Waals surface area (Å²) in [6, 6.07) is 24.9. The van der Waals surface area contributed by atoms with Crippen LogP contribution in [0.25, 0.3) is 0 Å². The molecule has 0 aliphatic carbocycles. The number of hydrogen-bond donors (Lipinski definition) is 1. The fraction of sp³-hybridized carbons (Fsp3) is 0.286. The molecule has 167 valence electrons. The molecule has 0 fully saturated rings. The molecular weight excluding hydrogens is 398 g/mol. The van der Waals surface area contributed by atoms with Gasteiger partial charge in [0.2, 0.25) is 0 Å². The van der Waals surface area contributed by atoms with Crippen LogP contribution in [0.4, 0.5) is 0 Å². The minimum atomic E-state index is -0.720. The van der Waals surface area contributed by atoms with Crippen LogP contribution < -0.4 is 10.5 Å². The highest BCUT2D eigenvalue weighted by Crippen LogP contribution is 2.35. The Balaban J connectivity index is 1.72. The molecule has 2 N–H and O–H groups in total. The summed E-state index contributed by atoms with van der Waals surface area (Å²) in [6.45, 7) is 11.1. The molecule has 3 aromatic carbocycles. The van der Waals surface area contributed by atoms with Gasteiger partial charge < -0.3 is 15.2 Å². The topological polar surface area (TPSA) is 61.5 Å². The third-order valence-electron chi connectivity index (χ3n) is 5.39. The summed E-state index contributed by atoms with van der Waals surface area (Å²) in [5.74, 6) is -0.324. The van der Waals surface area contributed by atoms with Gasteiger partial charge >= 0.3 is 5.97 Å². The second-order valence-corrected chi connectivity index (χ2v) is 9.01. The van der Waals surface area contributed by atoms with Crippen LogP contribution in [0.15, 0.2) is 78.9 Å². The highest BCUT2D eigenvalue weighted by molar-refractivity contribution is 5.74. The molecule has 0 heterocycles. The SMILES string of the molecule is [CH2]C(C(=O)OCc1ccccc1)C(N)c1ccc(OCc2ccccc2)c(C(C)(C)C)c1. The van der Waals surface area contributed by atoms with Crippen LogP contribution in [-0.2, 0) is 28.2 Å². The maximum Gasteiger partial charge on any atom is 0.311 e. The normalized spacial score (nSPS) is 13.3. The molecule has 2 atom stereocenters. The number of hydrogen-bond acceptors (Lipinski definition) is 4. The van der Waals surface area contributed by atoms with Crippen molar-refractivity contribution < 1.29 is 14.3 Å². The highest BCUT2D eigenvalue weighted by Gasteiger charge is 2.27.